The Balaban J connectivity index is 1.47. The normalized spacial score (nSPS) is 13.4. The second-order valence-electron chi connectivity index (χ2n) is 6.85. The van der Waals surface area contributed by atoms with Gasteiger partial charge in [0.25, 0.3) is 0 Å². The first-order chi connectivity index (χ1) is 13.1. The third-order valence-corrected chi connectivity index (χ3v) is 6.09. The first kappa shape index (κ1) is 19.7. The van der Waals surface area contributed by atoms with Crippen LogP contribution in [0, 0.1) is 6.92 Å². The number of carbonyl (C=O) groups is 1. The number of rotatable bonds is 8. The summed E-state index contributed by atoms with van der Waals surface area (Å²) in [4.78, 5) is 15.9. The smallest absolute Gasteiger partial charge is 0.222 e. The molecule has 0 saturated carbocycles. The maximum Gasteiger partial charge on any atom is 0.222 e. The summed E-state index contributed by atoms with van der Waals surface area (Å²) in [6.45, 7) is 5.30. The average Bonchev–Trinajstić information content (AvgIpc) is 3.10. The van der Waals surface area contributed by atoms with Crippen molar-refractivity contribution in [2.45, 2.75) is 39.3 Å². The van der Waals surface area contributed by atoms with E-state index in [9.17, 15) is 4.79 Å². The molecular weight excluding hydrogens is 360 g/mol. The summed E-state index contributed by atoms with van der Waals surface area (Å²) in [5, 5.41) is 5.56. The number of fused-ring (bicyclic) bond motifs is 1. The summed E-state index contributed by atoms with van der Waals surface area (Å²) in [5.74, 6) is 1.70. The minimum Gasteiger partial charge on any atom is -0.493 e. The van der Waals surface area contributed by atoms with Crippen LogP contribution in [0.15, 0.2) is 23.6 Å². The Hall–Kier alpha value is -2.05. The number of ether oxygens (including phenoxy) is 2. The highest BCUT2D eigenvalue weighted by Crippen LogP contribution is 2.33. The molecule has 6 heteroatoms. The Morgan fingerprint density at radius 2 is 1.96 bits per heavy atom. The third kappa shape index (κ3) is 4.82. The molecule has 0 spiro atoms. The van der Waals surface area contributed by atoms with E-state index in [1.807, 2.05) is 17.0 Å². The summed E-state index contributed by atoms with van der Waals surface area (Å²) in [7, 11) is 3.29. The van der Waals surface area contributed by atoms with Crippen LogP contribution in [0.3, 0.4) is 0 Å². The van der Waals surface area contributed by atoms with Crippen LogP contribution in [0.4, 0.5) is 0 Å². The highest BCUT2D eigenvalue weighted by Gasteiger charge is 2.22. The van der Waals surface area contributed by atoms with Crippen LogP contribution in [-0.4, -0.2) is 38.1 Å². The molecular formula is C21H28N2O3S. The average molecular weight is 389 g/mol. The van der Waals surface area contributed by atoms with Gasteiger partial charge in [-0.25, -0.2) is 0 Å². The fraction of sp³-hybridized carbons (Fsp3) is 0.476. The maximum atomic E-state index is 12.6. The molecule has 27 heavy (non-hydrogen) atoms. The van der Waals surface area contributed by atoms with Gasteiger partial charge in [-0.3, -0.25) is 4.79 Å². The van der Waals surface area contributed by atoms with Crippen molar-refractivity contribution in [3.05, 3.63) is 45.1 Å². The molecule has 0 saturated heterocycles. The van der Waals surface area contributed by atoms with Gasteiger partial charge in [0.05, 0.1) is 14.2 Å². The van der Waals surface area contributed by atoms with Crippen molar-refractivity contribution in [1.29, 1.82) is 0 Å². The largest absolute Gasteiger partial charge is 0.493 e. The molecule has 0 unspecified atom stereocenters. The van der Waals surface area contributed by atoms with Gasteiger partial charge in [-0.15, -0.1) is 11.3 Å². The number of methoxy groups -OCH3 is 2. The fourth-order valence-electron chi connectivity index (χ4n) is 3.41. The van der Waals surface area contributed by atoms with Gasteiger partial charge in [-0.05, 0) is 66.6 Å². The summed E-state index contributed by atoms with van der Waals surface area (Å²) in [6.07, 6.45) is 2.30. The number of thiophene rings is 1. The Kier molecular flexibility index (Phi) is 6.74. The highest BCUT2D eigenvalue weighted by molar-refractivity contribution is 7.10. The van der Waals surface area contributed by atoms with Gasteiger partial charge in [0.2, 0.25) is 5.91 Å². The van der Waals surface area contributed by atoms with Crippen LogP contribution >= 0.6 is 11.3 Å². The molecule has 2 heterocycles. The number of amides is 1. The predicted molar refractivity (Wildman–Crippen MR) is 109 cm³/mol. The molecule has 0 atom stereocenters. The van der Waals surface area contributed by atoms with E-state index in [4.69, 9.17) is 9.47 Å². The molecule has 146 valence electrons. The summed E-state index contributed by atoms with van der Waals surface area (Å²) in [6, 6.07) is 6.18. The van der Waals surface area contributed by atoms with Gasteiger partial charge >= 0.3 is 0 Å². The van der Waals surface area contributed by atoms with E-state index in [0.29, 0.717) is 13.0 Å². The van der Waals surface area contributed by atoms with Crippen LogP contribution in [0.5, 0.6) is 11.5 Å². The lowest BCUT2D eigenvalue weighted by atomic mass is 9.98. The Bertz CT molecular complexity index is 788. The zero-order valence-electron chi connectivity index (χ0n) is 16.3. The Morgan fingerprint density at radius 1 is 1.22 bits per heavy atom. The number of hydrogen-bond acceptors (Lipinski definition) is 5. The number of nitrogens with one attached hydrogen (secondary N) is 1. The van der Waals surface area contributed by atoms with Gasteiger partial charge in [-0.1, -0.05) is 0 Å². The van der Waals surface area contributed by atoms with Gasteiger partial charge in [0.15, 0.2) is 11.5 Å². The molecule has 0 bridgehead atoms. The molecule has 0 fully saturated rings. The molecule has 1 aromatic heterocycles. The number of carbonyl (C=O) groups excluding carboxylic acids is 1. The van der Waals surface area contributed by atoms with Gasteiger partial charge in [-0.2, -0.15) is 0 Å². The van der Waals surface area contributed by atoms with E-state index >= 15 is 0 Å². The minimum absolute atomic E-state index is 0.226. The zero-order valence-corrected chi connectivity index (χ0v) is 17.2. The van der Waals surface area contributed by atoms with E-state index in [2.05, 4.69) is 23.7 Å². The lowest BCUT2D eigenvalue weighted by Crippen LogP contribution is -2.36. The lowest BCUT2D eigenvalue weighted by molar-refractivity contribution is -0.132. The monoisotopic (exact) mass is 388 g/mol. The minimum atomic E-state index is 0.226. The summed E-state index contributed by atoms with van der Waals surface area (Å²) < 4.78 is 10.8. The summed E-state index contributed by atoms with van der Waals surface area (Å²) in [5.41, 5.74) is 3.73. The zero-order chi connectivity index (χ0) is 19.2. The molecule has 1 N–H and O–H groups in total. The van der Waals surface area contributed by atoms with Crippen LogP contribution in [0.1, 0.15) is 34.4 Å². The van der Waals surface area contributed by atoms with Gasteiger partial charge in [0.1, 0.15) is 0 Å². The maximum absolute atomic E-state index is 12.6. The quantitative estimate of drug-likeness (QED) is 0.703. The number of aryl methyl sites for hydroxylation is 1. The van der Waals surface area contributed by atoms with Crippen LogP contribution < -0.4 is 14.8 Å². The molecule has 5 nitrogen and oxygen atoms in total. The highest BCUT2D eigenvalue weighted by atomic mass is 32.1. The van der Waals surface area contributed by atoms with E-state index in [1.165, 1.54) is 16.0 Å². The molecule has 1 aliphatic heterocycles. The molecule has 1 aliphatic rings. The molecule has 0 radical (unpaired) electrons. The first-order valence-electron chi connectivity index (χ1n) is 9.37. The SMILES string of the molecule is COc1cc2c(cc1OC)CN(C(=O)CCCNCc1sccc1C)CC2. The molecule has 0 aliphatic carbocycles. The Morgan fingerprint density at radius 3 is 2.63 bits per heavy atom. The van der Waals surface area contributed by atoms with Crippen molar-refractivity contribution in [3.8, 4) is 11.5 Å². The van der Waals surface area contributed by atoms with E-state index in [0.717, 1.165) is 49.5 Å². The Labute approximate surface area is 165 Å². The van der Waals surface area contributed by atoms with E-state index in [1.54, 1.807) is 25.6 Å². The van der Waals surface area contributed by atoms with Crippen molar-refractivity contribution < 1.29 is 14.3 Å². The molecule has 1 aromatic carbocycles. The topological polar surface area (TPSA) is 50.8 Å². The van der Waals surface area contributed by atoms with Gasteiger partial charge in [0, 0.05) is 30.9 Å². The molecule has 2 aromatic rings. The number of benzene rings is 1. The molecule has 1 amide bonds. The number of hydrogen-bond donors (Lipinski definition) is 1. The fourth-order valence-corrected chi connectivity index (χ4v) is 4.28. The van der Waals surface area contributed by atoms with Crippen molar-refractivity contribution in [2.75, 3.05) is 27.3 Å². The van der Waals surface area contributed by atoms with E-state index in [-0.39, 0.29) is 5.91 Å². The second kappa shape index (κ2) is 9.24. The molecule has 3 rings (SSSR count). The van der Waals surface area contributed by atoms with Crippen molar-refractivity contribution in [2.24, 2.45) is 0 Å². The standard InChI is InChI=1S/C21H28N2O3S/c1-15-7-10-27-20(15)13-22-8-4-5-21(24)23-9-6-16-11-18(25-2)19(26-3)12-17(16)14-23/h7,10-12,22H,4-6,8-9,13-14H2,1-3H3. The van der Waals surface area contributed by atoms with Crippen LogP contribution in [-0.2, 0) is 24.3 Å². The van der Waals surface area contributed by atoms with Crippen molar-refractivity contribution in [3.63, 3.8) is 0 Å². The summed E-state index contributed by atoms with van der Waals surface area (Å²) >= 11 is 1.78. The van der Waals surface area contributed by atoms with E-state index < -0.39 is 0 Å². The van der Waals surface area contributed by atoms with Crippen LogP contribution in [0.2, 0.25) is 0 Å². The predicted octanol–water partition coefficient (Wildman–Crippen LogP) is 3.53. The first-order valence-corrected chi connectivity index (χ1v) is 10.3. The lowest BCUT2D eigenvalue weighted by Gasteiger charge is -2.29. The van der Waals surface area contributed by atoms with Crippen molar-refractivity contribution >= 4 is 17.2 Å². The third-order valence-electron chi connectivity index (χ3n) is 5.07. The van der Waals surface area contributed by atoms with Crippen LogP contribution in [0.25, 0.3) is 0 Å². The van der Waals surface area contributed by atoms with Crippen molar-refractivity contribution in [1.82, 2.24) is 10.2 Å². The van der Waals surface area contributed by atoms with Gasteiger partial charge < -0.3 is 19.7 Å². The second-order valence-corrected chi connectivity index (χ2v) is 7.85. The number of nitrogens with zero attached hydrogens (tertiary/aromatic N) is 1.